The Balaban J connectivity index is 1.94. The van der Waals surface area contributed by atoms with Gasteiger partial charge in [0, 0.05) is 18.6 Å². The highest BCUT2D eigenvalue weighted by atomic mass is 79.9. The van der Waals surface area contributed by atoms with Crippen LogP contribution in [0.3, 0.4) is 0 Å². The van der Waals surface area contributed by atoms with E-state index in [0.717, 1.165) is 17.6 Å². The number of fused-ring (bicyclic) bond motifs is 2. The van der Waals surface area contributed by atoms with Crippen molar-refractivity contribution in [3.05, 3.63) is 21.9 Å². The lowest BCUT2D eigenvalue weighted by molar-refractivity contribution is 0.567. The van der Waals surface area contributed by atoms with Crippen molar-refractivity contribution in [1.29, 1.82) is 0 Å². The second-order valence-corrected chi connectivity index (χ2v) is 5.96. The van der Waals surface area contributed by atoms with E-state index in [9.17, 15) is 0 Å². The van der Waals surface area contributed by atoms with Crippen LogP contribution in [0.2, 0.25) is 5.15 Å². The first-order valence-electron chi connectivity index (χ1n) is 6.06. The molecule has 17 heavy (non-hydrogen) atoms. The highest BCUT2D eigenvalue weighted by Gasteiger charge is 2.35. The van der Waals surface area contributed by atoms with E-state index in [2.05, 4.69) is 37.2 Å². The van der Waals surface area contributed by atoms with E-state index in [1.807, 2.05) is 6.20 Å². The molecule has 1 aromatic heterocycles. The lowest BCUT2D eigenvalue weighted by Gasteiger charge is -2.30. The molecule has 0 amide bonds. The molecular formula is C12H15BrClN3. The standard InChI is InChI=1S/C12H15BrClN3/c13-11-5-10(7-16-12(11)14)17-8-1-2-9(17)6-15-4-3-8/h5,7-9,15H,1-4,6H2/t8-,9+/m1/s1. The molecule has 2 aliphatic rings. The fourth-order valence-corrected chi connectivity index (χ4v) is 3.40. The van der Waals surface area contributed by atoms with E-state index in [1.54, 1.807) is 0 Å². The van der Waals surface area contributed by atoms with Crippen molar-refractivity contribution in [2.75, 3.05) is 18.0 Å². The van der Waals surface area contributed by atoms with E-state index >= 15 is 0 Å². The molecule has 1 N–H and O–H groups in total. The van der Waals surface area contributed by atoms with Crippen LogP contribution in [0.5, 0.6) is 0 Å². The molecule has 0 aromatic carbocycles. The number of nitrogens with one attached hydrogen (secondary N) is 1. The first-order chi connectivity index (χ1) is 8.25. The van der Waals surface area contributed by atoms with E-state index in [0.29, 0.717) is 17.2 Å². The Morgan fingerprint density at radius 1 is 1.35 bits per heavy atom. The van der Waals surface area contributed by atoms with Gasteiger partial charge in [-0.25, -0.2) is 4.98 Å². The average Bonchev–Trinajstić information content (AvgIpc) is 2.56. The van der Waals surface area contributed by atoms with E-state index < -0.39 is 0 Å². The lowest BCUT2D eigenvalue weighted by atomic mass is 10.1. The largest absolute Gasteiger partial charge is 0.363 e. The number of rotatable bonds is 1. The number of aromatic nitrogens is 1. The molecule has 3 nitrogen and oxygen atoms in total. The maximum absolute atomic E-state index is 5.95. The highest BCUT2D eigenvalue weighted by molar-refractivity contribution is 9.10. The maximum Gasteiger partial charge on any atom is 0.143 e. The minimum Gasteiger partial charge on any atom is -0.363 e. The van der Waals surface area contributed by atoms with Gasteiger partial charge in [0.25, 0.3) is 0 Å². The van der Waals surface area contributed by atoms with Crippen LogP contribution in [-0.2, 0) is 0 Å². The van der Waals surface area contributed by atoms with Gasteiger partial charge >= 0.3 is 0 Å². The number of halogens is 2. The molecule has 2 atom stereocenters. The maximum atomic E-state index is 5.95. The molecule has 0 saturated carbocycles. The minimum absolute atomic E-state index is 0.536. The SMILES string of the molecule is Clc1ncc(N2[C@H]3CCNC[C@@H]2CC3)cc1Br. The number of hydrogen-bond acceptors (Lipinski definition) is 3. The number of pyridine rings is 1. The van der Waals surface area contributed by atoms with Crippen LogP contribution in [0.4, 0.5) is 5.69 Å². The van der Waals surface area contributed by atoms with E-state index in [-0.39, 0.29) is 0 Å². The Morgan fingerprint density at radius 2 is 2.18 bits per heavy atom. The Kier molecular flexibility index (Phi) is 3.28. The van der Waals surface area contributed by atoms with Crippen LogP contribution in [0.1, 0.15) is 19.3 Å². The van der Waals surface area contributed by atoms with Crippen LogP contribution < -0.4 is 10.2 Å². The van der Waals surface area contributed by atoms with E-state index in [1.165, 1.54) is 24.9 Å². The summed E-state index contributed by atoms with van der Waals surface area (Å²) < 4.78 is 0.883. The lowest BCUT2D eigenvalue weighted by Crippen LogP contribution is -2.38. The van der Waals surface area contributed by atoms with Gasteiger partial charge in [0.1, 0.15) is 5.15 Å². The number of hydrogen-bond donors (Lipinski definition) is 1. The van der Waals surface area contributed by atoms with Crippen LogP contribution in [0, 0.1) is 0 Å². The van der Waals surface area contributed by atoms with Gasteiger partial charge in [-0.15, -0.1) is 0 Å². The molecule has 0 aliphatic carbocycles. The van der Waals surface area contributed by atoms with E-state index in [4.69, 9.17) is 11.6 Å². The summed E-state index contributed by atoms with van der Waals surface area (Å²) in [5.41, 5.74) is 1.19. The van der Waals surface area contributed by atoms with Gasteiger partial charge < -0.3 is 10.2 Å². The topological polar surface area (TPSA) is 28.2 Å². The van der Waals surface area contributed by atoms with Crippen LogP contribution >= 0.6 is 27.5 Å². The molecule has 1 aromatic rings. The van der Waals surface area contributed by atoms with Crippen LogP contribution in [0.25, 0.3) is 0 Å². The van der Waals surface area contributed by atoms with Crippen molar-refractivity contribution < 1.29 is 0 Å². The second-order valence-electron chi connectivity index (χ2n) is 4.75. The number of anilines is 1. The summed E-state index contributed by atoms with van der Waals surface area (Å²) in [4.78, 5) is 6.76. The third-order valence-electron chi connectivity index (χ3n) is 3.73. The Labute approximate surface area is 115 Å². The highest BCUT2D eigenvalue weighted by Crippen LogP contribution is 2.35. The average molecular weight is 317 g/mol. The molecule has 92 valence electrons. The van der Waals surface area contributed by atoms with Crippen molar-refractivity contribution >= 4 is 33.2 Å². The van der Waals surface area contributed by atoms with Crippen LogP contribution in [-0.4, -0.2) is 30.2 Å². The molecular weight excluding hydrogens is 302 g/mol. The summed E-state index contributed by atoms with van der Waals surface area (Å²) in [5.74, 6) is 0. The van der Waals surface area contributed by atoms with Gasteiger partial charge in [-0.05, 0) is 47.8 Å². The van der Waals surface area contributed by atoms with Gasteiger partial charge in [-0.2, -0.15) is 0 Å². The van der Waals surface area contributed by atoms with Crippen molar-refractivity contribution in [2.24, 2.45) is 0 Å². The smallest absolute Gasteiger partial charge is 0.143 e. The predicted octanol–water partition coefficient (Wildman–Crippen LogP) is 2.83. The molecule has 5 heteroatoms. The number of nitrogens with zero attached hydrogens (tertiary/aromatic N) is 2. The van der Waals surface area contributed by atoms with Gasteiger partial charge in [0.15, 0.2) is 0 Å². The predicted molar refractivity (Wildman–Crippen MR) is 73.7 cm³/mol. The van der Waals surface area contributed by atoms with Gasteiger partial charge in [-0.3, -0.25) is 0 Å². The zero-order valence-electron chi connectivity index (χ0n) is 9.50. The molecule has 2 bridgehead atoms. The zero-order valence-corrected chi connectivity index (χ0v) is 11.8. The third kappa shape index (κ3) is 2.18. The monoisotopic (exact) mass is 315 g/mol. The summed E-state index contributed by atoms with van der Waals surface area (Å²) in [6.07, 6.45) is 5.69. The molecule has 2 saturated heterocycles. The van der Waals surface area contributed by atoms with Gasteiger partial charge in [0.2, 0.25) is 0 Å². The summed E-state index contributed by atoms with van der Waals surface area (Å²) in [7, 11) is 0. The van der Waals surface area contributed by atoms with Crippen molar-refractivity contribution in [3.8, 4) is 0 Å². The fraction of sp³-hybridized carbons (Fsp3) is 0.583. The van der Waals surface area contributed by atoms with Crippen molar-refractivity contribution in [3.63, 3.8) is 0 Å². The van der Waals surface area contributed by atoms with Gasteiger partial charge in [0.05, 0.1) is 16.4 Å². The van der Waals surface area contributed by atoms with Gasteiger partial charge in [-0.1, -0.05) is 11.6 Å². The molecule has 0 spiro atoms. The molecule has 2 aliphatic heterocycles. The van der Waals surface area contributed by atoms with Crippen molar-refractivity contribution in [1.82, 2.24) is 10.3 Å². The third-order valence-corrected chi connectivity index (χ3v) is 4.87. The molecule has 3 rings (SSSR count). The molecule has 0 radical (unpaired) electrons. The second kappa shape index (κ2) is 4.75. The first kappa shape index (κ1) is 11.8. The minimum atomic E-state index is 0.536. The quantitative estimate of drug-likeness (QED) is 0.808. The molecule has 2 fully saturated rings. The summed E-state index contributed by atoms with van der Waals surface area (Å²) in [5, 5.41) is 4.04. The van der Waals surface area contributed by atoms with Crippen molar-refractivity contribution in [2.45, 2.75) is 31.3 Å². The zero-order chi connectivity index (χ0) is 11.8. The normalized spacial score (nSPS) is 28.2. The molecule has 0 unspecified atom stereocenters. The Morgan fingerprint density at radius 3 is 3.00 bits per heavy atom. The Hall–Kier alpha value is -0.320. The Bertz CT molecular complexity index is 412. The first-order valence-corrected chi connectivity index (χ1v) is 7.23. The summed E-state index contributed by atoms with van der Waals surface area (Å²) in [6.45, 7) is 2.20. The fourth-order valence-electron chi connectivity index (χ4n) is 2.96. The summed E-state index contributed by atoms with van der Waals surface area (Å²) in [6, 6.07) is 3.36. The summed E-state index contributed by atoms with van der Waals surface area (Å²) >= 11 is 9.41. The van der Waals surface area contributed by atoms with Crippen LogP contribution in [0.15, 0.2) is 16.7 Å². The molecule has 3 heterocycles.